The molecule has 1 heterocycles. The SMILES string of the molecule is CCOC(=O)CN1C(=O)OC(c2ccc(F)cc2)(c2ccc(F)cc2)[C@@H]1c1ccccc1F. The third kappa shape index (κ3) is 4.04. The molecule has 0 spiro atoms. The molecule has 0 unspecified atom stereocenters. The minimum atomic E-state index is -1.70. The second kappa shape index (κ2) is 8.97. The van der Waals surface area contributed by atoms with Gasteiger partial charge in [0.05, 0.1) is 6.61 Å². The largest absolute Gasteiger partial charge is 0.465 e. The standard InChI is InChI=1S/C25H20F3NO4/c1-2-32-22(30)15-29-23(20-5-3-4-6-21(20)28)25(33-24(29)31,16-7-11-18(26)12-8-16)17-9-13-19(27)14-10-17/h3-14,23H,2,15H2,1H3/t23-/m0/s1. The third-order valence-electron chi connectivity index (χ3n) is 5.53. The van der Waals surface area contributed by atoms with Crippen LogP contribution in [0.3, 0.4) is 0 Å². The zero-order chi connectivity index (χ0) is 23.6. The average molecular weight is 455 g/mol. The quantitative estimate of drug-likeness (QED) is 0.485. The Kier molecular flexibility index (Phi) is 6.09. The first-order valence-electron chi connectivity index (χ1n) is 10.3. The Hall–Kier alpha value is -3.81. The molecule has 1 atom stereocenters. The average Bonchev–Trinajstić information content (AvgIpc) is 3.08. The number of amides is 1. The number of hydrogen-bond donors (Lipinski definition) is 0. The van der Waals surface area contributed by atoms with Crippen molar-refractivity contribution in [2.75, 3.05) is 13.2 Å². The highest BCUT2D eigenvalue weighted by molar-refractivity contribution is 5.81. The fourth-order valence-electron chi connectivity index (χ4n) is 4.16. The van der Waals surface area contributed by atoms with Gasteiger partial charge in [0, 0.05) is 16.7 Å². The lowest BCUT2D eigenvalue weighted by molar-refractivity contribution is -0.144. The van der Waals surface area contributed by atoms with Gasteiger partial charge in [-0.15, -0.1) is 0 Å². The first kappa shape index (κ1) is 22.4. The molecule has 0 aromatic heterocycles. The number of rotatable bonds is 6. The van der Waals surface area contributed by atoms with E-state index in [1.54, 1.807) is 13.0 Å². The molecule has 0 N–H and O–H groups in total. The summed E-state index contributed by atoms with van der Waals surface area (Å²) >= 11 is 0. The van der Waals surface area contributed by atoms with Crippen molar-refractivity contribution in [2.24, 2.45) is 0 Å². The van der Waals surface area contributed by atoms with Gasteiger partial charge in [-0.3, -0.25) is 9.69 Å². The summed E-state index contributed by atoms with van der Waals surface area (Å²) in [5.41, 5.74) is -0.985. The van der Waals surface area contributed by atoms with E-state index in [-0.39, 0.29) is 12.2 Å². The predicted molar refractivity (Wildman–Crippen MR) is 113 cm³/mol. The fourth-order valence-corrected chi connectivity index (χ4v) is 4.16. The third-order valence-corrected chi connectivity index (χ3v) is 5.53. The molecular weight excluding hydrogens is 435 g/mol. The second-order valence-corrected chi connectivity index (χ2v) is 7.47. The molecule has 1 aliphatic heterocycles. The van der Waals surface area contributed by atoms with Crippen molar-refractivity contribution in [3.05, 3.63) is 107 Å². The predicted octanol–water partition coefficient (Wildman–Crippen LogP) is 5.10. The zero-order valence-corrected chi connectivity index (χ0v) is 17.6. The molecule has 8 heteroatoms. The molecule has 1 fully saturated rings. The van der Waals surface area contributed by atoms with Crippen molar-refractivity contribution in [3.8, 4) is 0 Å². The summed E-state index contributed by atoms with van der Waals surface area (Å²) in [5, 5.41) is 0. The number of carbonyl (C=O) groups is 2. The minimum Gasteiger partial charge on any atom is -0.465 e. The first-order valence-corrected chi connectivity index (χ1v) is 10.3. The second-order valence-electron chi connectivity index (χ2n) is 7.47. The van der Waals surface area contributed by atoms with Gasteiger partial charge < -0.3 is 9.47 Å². The molecule has 0 bridgehead atoms. The monoisotopic (exact) mass is 455 g/mol. The van der Waals surface area contributed by atoms with E-state index in [9.17, 15) is 18.4 Å². The van der Waals surface area contributed by atoms with E-state index in [4.69, 9.17) is 9.47 Å². The molecule has 0 radical (unpaired) electrons. The van der Waals surface area contributed by atoms with Crippen molar-refractivity contribution in [1.82, 2.24) is 4.90 Å². The van der Waals surface area contributed by atoms with Crippen LogP contribution in [0.5, 0.6) is 0 Å². The molecular formula is C25H20F3NO4. The van der Waals surface area contributed by atoms with Gasteiger partial charge in [0.25, 0.3) is 0 Å². The van der Waals surface area contributed by atoms with Crippen LogP contribution < -0.4 is 0 Å². The van der Waals surface area contributed by atoms with Gasteiger partial charge in [-0.2, -0.15) is 0 Å². The van der Waals surface area contributed by atoms with Crippen LogP contribution in [-0.2, 0) is 19.9 Å². The van der Waals surface area contributed by atoms with Gasteiger partial charge in [0.15, 0.2) is 5.60 Å². The minimum absolute atomic E-state index is 0.0706. The van der Waals surface area contributed by atoms with E-state index in [1.165, 1.54) is 66.7 Å². The first-order chi connectivity index (χ1) is 15.9. The summed E-state index contributed by atoms with van der Waals surface area (Å²) in [6.45, 7) is 1.21. The van der Waals surface area contributed by atoms with Crippen molar-refractivity contribution in [1.29, 1.82) is 0 Å². The summed E-state index contributed by atoms with van der Waals surface area (Å²) in [6.07, 6.45) is -0.898. The maximum absolute atomic E-state index is 15.1. The summed E-state index contributed by atoms with van der Waals surface area (Å²) in [6, 6.07) is 15.0. The number of hydrogen-bond acceptors (Lipinski definition) is 4. The maximum Gasteiger partial charge on any atom is 0.412 e. The Morgan fingerprint density at radius 3 is 2.00 bits per heavy atom. The molecule has 4 rings (SSSR count). The van der Waals surface area contributed by atoms with Gasteiger partial charge in [0.1, 0.15) is 30.0 Å². The molecule has 1 aliphatic rings. The topological polar surface area (TPSA) is 55.8 Å². The Morgan fingerprint density at radius 1 is 0.939 bits per heavy atom. The molecule has 1 saturated heterocycles. The van der Waals surface area contributed by atoms with Gasteiger partial charge in [-0.25, -0.2) is 18.0 Å². The van der Waals surface area contributed by atoms with E-state index in [1.807, 2.05) is 0 Å². The number of cyclic esters (lactones) is 1. The lowest BCUT2D eigenvalue weighted by Crippen LogP contribution is -2.40. The van der Waals surface area contributed by atoms with E-state index in [2.05, 4.69) is 0 Å². The van der Waals surface area contributed by atoms with E-state index >= 15 is 4.39 Å². The summed E-state index contributed by atoms with van der Waals surface area (Å²) in [7, 11) is 0. The van der Waals surface area contributed by atoms with Gasteiger partial charge in [-0.05, 0) is 37.3 Å². The van der Waals surface area contributed by atoms with Crippen LogP contribution in [0.4, 0.5) is 18.0 Å². The number of carbonyl (C=O) groups excluding carboxylic acids is 2. The molecule has 0 saturated carbocycles. The van der Waals surface area contributed by atoms with Crippen LogP contribution in [0.2, 0.25) is 0 Å². The Morgan fingerprint density at radius 2 is 1.48 bits per heavy atom. The lowest BCUT2D eigenvalue weighted by atomic mass is 9.77. The van der Waals surface area contributed by atoms with E-state index in [0.717, 1.165) is 4.90 Å². The van der Waals surface area contributed by atoms with Gasteiger partial charge in [-0.1, -0.05) is 42.5 Å². The normalized spacial score (nSPS) is 17.0. The van der Waals surface area contributed by atoms with Crippen molar-refractivity contribution in [3.63, 3.8) is 0 Å². The van der Waals surface area contributed by atoms with Crippen LogP contribution in [0.25, 0.3) is 0 Å². The van der Waals surface area contributed by atoms with Crippen LogP contribution in [-0.4, -0.2) is 30.1 Å². The lowest BCUT2D eigenvalue weighted by Gasteiger charge is -2.36. The number of esters is 1. The van der Waals surface area contributed by atoms with E-state index < -0.39 is 47.7 Å². The van der Waals surface area contributed by atoms with Crippen LogP contribution in [0.15, 0.2) is 72.8 Å². The Labute approximate surface area is 188 Å². The summed E-state index contributed by atoms with van der Waals surface area (Å²) in [5.74, 6) is -2.39. The highest BCUT2D eigenvalue weighted by Gasteiger charge is 2.58. The molecule has 3 aromatic carbocycles. The number of nitrogens with zero attached hydrogens (tertiary/aromatic N) is 1. The van der Waals surface area contributed by atoms with Crippen molar-refractivity contribution < 1.29 is 32.2 Å². The van der Waals surface area contributed by atoms with Crippen LogP contribution >= 0.6 is 0 Å². The highest BCUT2D eigenvalue weighted by atomic mass is 19.1. The summed E-state index contributed by atoms with van der Waals surface area (Å²) < 4.78 is 53.5. The van der Waals surface area contributed by atoms with Crippen LogP contribution in [0, 0.1) is 17.5 Å². The van der Waals surface area contributed by atoms with Gasteiger partial charge in [0.2, 0.25) is 0 Å². The van der Waals surface area contributed by atoms with Crippen LogP contribution in [0.1, 0.15) is 29.7 Å². The Bertz CT molecular complexity index is 1120. The molecule has 0 aliphatic carbocycles. The highest BCUT2D eigenvalue weighted by Crippen LogP contribution is 2.52. The number of benzene rings is 3. The van der Waals surface area contributed by atoms with E-state index in [0.29, 0.717) is 11.1 Å². The van der Waals surface area contributed by atoms with Crippen molar-refractivity contribution in [2.45, 2.75) is 18.6 Å². The van der Waals surface area contributed by atoms with Crippen molar-refractivity contribution >= 4 is 12.1 Å². The molecule has 3 aromatic rings. The zero-order valence-electron chi connectivity index (χ0n) is 17.6. The molecule has 5 nitrogen and oxygen atoms in total. The fraction of sp³-hybridized carbons (Fsp3) is 0.200. The van der Waals surface area contributed by atoms with Gasteiger partial charge >= 0.3 is 12.1 Å². The maximum atomic E-state index is 15.1. The molecule has 1 amide bonds. The number of ether oxygens (including phenoxy) is 2. The molecule has 170 valence electrons. The summed E-state index contributed by atoms with van der Waals surface area (Å²) in [4.78, 5) is 26.5. The number of halogens is 3. The Balaban J connectivity index is 1.99. The smallest absolute Gasteiger partial charge is 0.412 e. The molecule has 33 heavy (non-hydrogen) atoms.